The van der Waals surface area contributed by atoms with E-state index in [0.717, 1.165) is 30.3 Å². The number of carboxylic acid groups (broad SMARTS) is 1. The fourth-order valence-corrected chi connectivity index (χ4v) is 3.79. The van der Waals surface area contributed by atoms with Crippen LogP contribution in [-0.2, 0) is 33.4 Å². The number of benzene rings is 2. The van der Waals surface area contributed by atoms with Crippen molar-refractivity contribution < 1.29 is 78.3 Å². The molecule has 0 amide bonds. The topological polar surface area (TPSA) is 277 Å². The molecule has 0 bridgehead atoms. The monoisotopic (exact) mass is 592 g/mol. The number of ether oxygens (including phenoxy) is 4. The fraction of sp³-hybridized carbons (Fsp3) is 0.240. The van der Waals surface area contributed by atoms with Gasteiger partial charge in [-0.25, -0.2) is 19.2 Å². The number of aliphatic carboxylic acids is 1. The van der Waals surface area contributed by atoms with Gasteiger partial charge in [0.05, 0.1) is 5.56 Å². The Morgan fingerprint density at radius 2 is 1.52 bits per heavy atom. The normalized spacial score (nSPS) is 21.8. The quantitative estimate of drug-likeness (QED) is 0.0761. The van der Waals surface area contributed by atoms with Crippen LogP contribution in [0.25, 0.3) is 22.6 Å². The van der Waals surface area contributed by atoms with Crippen molar-refractivity contribution in [3.63, 3.8) is 0 Å². The van der Waals surface area contributed by atoms with E-state index in [2.05, 4.69) is 9.47 Å². The van der Waals surface area contributed by atoms with E-state index in [1.165, 1.54) is 6.07 Å². The molecule has 1 saturated heterocycles. The molecule has 2 aliphatic heterocycles. The van der Waals surface area contributed by atoms with E-state index in [0.29, 0.717) is 0 Å². The second kappa shape index (κ2) is 11.7. The first-order chi connectivity index (χ1) is 19.8. The predicted molar refractivity (Wildman–Crippen MR) is 129 cm³/mol. The zero-order chi connectivity index (χ0) is 30.9. The van der Waals surface area contributed by atoms with Crippen molar-refractivity contribution in [3.8, 4) is 45.6 Å². The molecule has 0 aromatic heterocycles. The first-order valence-corrected chi connectivity index (χ1v) is 11.6. The number of rotatable bonds is 5. The van der Waals surface area contributed by atoms with Crippen LogP contribution in [0, 0.1) is 0 Å². The molecule has 7 N–H and O–H groups in total. The van der Waals surface area contributed by atoms with Gasteiger partial charge in [-0.15, -0.1) is 0 Å². The van der Waals surface area contributed by atoms with Gasteiger partial charge in [0.2, 0.25) is 6.29 Å². The highest BCUT2D eigenvalue weighted by Crippen LogP contribution is 2.43. The van der Waals surface area contributed by atoms with Crippen LogP contribution in [0.3, 0.4) is 0 Å². The lowest BCUT2D eigenvalue weighted by Gasteiger charge is -2.40. The zero-order valence-electron chi connectivity index (χ0n) is 20.8. The van der Waals surface area contributed by atoms with Gasteiger partial charge in [0.25, 0.3) is 0 Å². The number of aromatic hydroxyl groups is 3. The van der Waals surface area contributed by atoms with Gasteiger partial charge in [0.15, 0.2) is 28.4 Å². The Kier molecular flexibility index (Phi) is 8.29. The first-order valence-electron chi connectivity index (χ1n) is 11.6. The summed E-state index contributed by atoms with van der Waals surface area (Å²) in [5.41, 5.74) is -0.612. The van der Waals surface area contributed by atoms with Crippen LogP contribution in [0.4, 0.5) is 0 Å². The maximum Gasteiger partial charge on any atom is 0.425 e. The van der Waals surface area contributed by atoms with E-state index >= 15 is 0 Å². The molecule has 0 unspecified atom stereocenters. The number of fused-ring (bicyclic) bond motifs is 1. The molecule has 1 fully saturated rings. The number of hydrogen-bond acceptors (Lipinski definition) is 16. The van der Waals surface area contributed by atoms with Gasteiger partial charge in [0, 0.05) is 17.7 Å². The lowest BCUT2D eigenvalue weighted by atomic mass is 9.99. The molecular weight excluding hydrogens is 572 g/mol. The number of carboxylic acids is 1. The fourth-order valence-electron chi connectivity index (χ4n) is 3.79. The summed E-state index contributed by atoms with van der Waals surface area (Å²) < 4.78 is 25.1. The van der Waals surface area contributed by atoms with Gasteiger partial charge in [-0.3, -0.25) is 4.79 Å². The van der Waals surface area contributed by atoms with Crippen LogP contribution in [0.2, 0.25) is 0 Å². The minimum Gasteiger partial charge on any atom is -0.507 e. The Labute approximate surface area is 232 Å². The van der Waals surface area contributed by atoms with E-state index in [9.17, 15) is 54.6 Å². The standard InChI is InChI=1S/C25H20O17/c26-9-4-12(28)10-6-15(20(39-14(10)5-9)8-1-2-11(27)13(29)3-8)40-25-19(32)18(31)17(30)16(41-25)7-38-23(36)24(37)42-22(35)21(33)34/h1-6,16-19,25,27-32H,7H2,(H,33,34)/t16-,17-,18+,19+,25-/m1/s1. The third-order valence-electron chi connectivity index (χ3n) is 5.86. The minimum absolute atomic E-state index is 0.0536. The van der Waals surface area contributed by atoms with Gasteiger partial charge in [-0.05, 0) is 24.3 Å². The van der Waals surface area contributed by atoms with Crippen molar-refractivity contribution in [1.29, 1.82) is 0 Å². The number of hydrogen-bond donors (Lipinski definition) is 7. The first kappa shape index (κ1) is 29.7. The zero-order valence-corrected chi connectivity index (χ0v) is 20.8. The third-order valence-corrected chi connectivity index (χ3v) is 5.86. The Bertz CT molecular complexity index is 1580. The molecule has 0 spiro atoms. The molecule has 0 saturated carbocycles. The van der Waals surface area contributed by atoms with Gasteiger partial charge in [-0.2, -0.15) is 0 Å². The van der Waals surface area contributed by atoms with Crippen molar-refractivity contribution in [2.45, 2.75) is 30.7 Å². The van der Waals surface area contributed by atoms with Crippen molar-refractivity contribution in [2.24, 2.45) is 0 Å². The van der Waals surface area contributed by atoms with Crippen LogP contribution in [0.1, 0.15) is 0 Å². The van der Waals surface area contributed by atoms with E-state index in [1.807, 2.05) is 0 Å². The van der Waals surface area contributed by atoms with E-state index in [4.69, 9.17) is 19.0 Å². The maximum atomic E-state index is 11.9. The second-order valence-corrected chi connectivity index (χ2v) is 8.71. The van der Waals surface area contributed by atoms with Crippen molar-refractivity contribution in [2.75, 3.05) is 6.61 Å². The Balaban J connectivity index is 1.63. The number of aliphatic hydroxyl groups excluding tert-OH is 3. The summed E-state index contributed by atoms with van der Waals surface area (Å²) in [5, 5.41) is 69.5. The Morgan fingerprint density at radius 1 is 0.810 bits per heavy atom. The summed E-state index contributed by atoms with van der Waals surface area (Å²) in [6.45, 7) is -0.992. The van der Waals surface area contributed by atoms with Crippen molar-refractivity contribution >= 4 is 23.9 Å². The largest absolute Gasteiger partial charge is 0.507 e. The van der Waals surface area contributed by atoms with Gasteiger partial charge in [-0.1, -0.05) is 0 Å². The molecule has 5 atom stereocenters. The van der Waals surface area contributed by atoms with Gasteiger partial charge in [0.1, 0.15) is 42.5 Å². The predicted octanol–water partition coefficient (Wildman–Crippen LogP) is -1.59. The molecule has 2 heterocycles. The smallest absolute Gasteiger partial charge is 0.425 e. The molecule has 1 aromatic carbocycles. The molecule has 17 nitrogen and oxygen atoms in total. The molecule has 0 radical (unpaired) electrons. The summed E-state index contributed by atoms with van der Waals surface area (Å²) in [6.07, 6.45) is -9.46. The number of esters is 3. The van der Waals surface area contributed by atoms with Crippen LogP contribution in [0.5, 0.6) is 23.0 Å². The summed E-state index contributed by atoms with van der Waals surface area (Å²) in [4.78, 5) is 56.6. The molecule has 222 valence electrons. The molecule has 17 heteroatoms. The van der Waals surface area contributed by atoms with Gasteiger partial charge < -0.3 is 59.1 Å². The summed E-state index contributed by atoms with van der Waals surface area (Å²) in [7, 11) is 0. The Hall–Kier alpha value is -5.23. The molecule has 4 rings (SSSR count). The summed E-state index contributed by atoms with van der Waals surface area (Å²) >= 11 is 0. The van der Waals surface area contributed by atoms with Crippen molar-refractivity contribution in [1.82, 2.24) is 0 Å². The SMILES string of the molecule is O=C(O)C(=O)OC(=O)C(=O)OC[C@H]1O[C@@H](Oc2cc3c(O)cc(=O)cc-3oc2-c2ccc(O)c(O)c2)[C@@H](O)[C@@H](O)[C@@H]1O. The van der Waals surface area contributed by atoms with Gasteiger partial charge >= 0.3 is 23.9 Å². The van der Waals surface area contributed by atoms with Crippen LogP contribution < -0.4 is 10.2 Å². The van der Waals surface area contributed by atoms with E-state index < -0.39 is 83.9 Å². The average Bonchev–Trinajstić information content (AvgIpc) is 2.93. The lowest BCUT2D eigenvalue weighted by Crippen LogP contribution is -2.60. The molecule has 3 aliphatic rings. The van der Waals surface area contributed by atoms with E-state index in [1.54, 1.807) is 0 Å². The number of phenols is 3. The third kappa shape index (κ3) is 6.08. The second-order valence-electron chi connectivity index (χ2n) is 8.71. The minimum atomic E-state index is -2.16. The van der Waals surface area contributed by atoms with E-state index in [-0.39, 0.29) is 28.4 Å². The number of phenolic OH excluding ortho intramolecular Hbond substituents is 3. The number of carbonyl (C=O) groups excluding carboxylic acids is 3. The lowest BCUT2D eigenvalue weighted by molar-refractivity contribution is -0.278. The van der Waals surface area contributed by atoms with Crippen LogP contribution >= 0.6 is 0 Å². The highest BCUT2D eigenvalue weighted by atomic mass is 16.7. The highest BCUT2D eigenvalue weighted by molar-refractivity contribution is 6.38. The van der Waals surface area contributed by atoms with Crippen LogP contribution in [-0.4, -0.2) is 96.9 Å². The average molecular weight is 592 g/mol. The summed E-state index contributed by atoms with van der Waals surface area (Å²) in [5.74, 6) is -10.3. The maximum absolute atomic E-state index is 11.9. The number of carbonyl (C=O) groups is 4. The number of aliphatic hydroxyl groups is 3. The van der Waals surface area contributed by atoms with Crippen LogP contribution in [0.15, 0.2) is 45.6 Å². The Morgan fingerprint density at radius 3 is 2.19 bits per heavy atom. The molecular formula is C25H20O17. The molecule has 1 aromatic rings. The highest BCUT2D eigenvalue weighted by Gasteiger charge is 2.46. The molecule has 42 heavy (non-hydrogen) atoms. The molecule has 1 aliphatic carbocycles. The van der Waals surface area contributed by atoms with Crippen molar-refractivity contribution in [3.05, 3.63) is 46.6 Å². The summed E-state index contributed by atoms with van der Waals surface area (Å²) in [6, 6.07) is 6.50.